The number of carbonyl (C=O) groups is 1. The highest BCUT2D eigenvalue weighted by Crippen LogP contribution is 2.27. The van der Waals surface area contributed by atoms with Gasteiger partial charge in [0, 0.05) is 32.3 Å². The Hall–Kier alpha value is -1.18. The molecule has 24 heavy (non-hydrogen) atoms. The molecule has 134 valence electrons. The van der Waals surface area contributed by atoms with Gasteiger partial charge in [-0.25, -0.2) is 4.98 Å². The molecule has 1 heterocycles. The Morgan fingerprint density at radius 3 is 2.54 bits per heavy atom. The summed E-state index contributed by atoms with van der Waals surface area (Å²) in [6, 6.07) is 9.91. The first-order valence-corrected chi connectivity index (χ1v) is 8.04. The fourth-order valence-corrected chi connectivity index (χ4v) is 2.94. The summed E-state index contributed by atoms with van der Waals surface area (Å²) >= 11 is 1.43. The number of rotatable bonds is 8. The summed E-state index contributed by atoms with van der Waals surface area (Å²) in [5.74, 6) is -0.0641. The third-order valence-corrected chi connectivity index (χ3v) is 4.30. The molecule has 0 aliphatic carbocycles. The van der Waals surface area contributed by atoms with Gasteiger partial charge in [-0.15, -0.1) is 36.2 Å². The second-order valence-electron chi connectivity index (χ2n) is 4.80. The Morgan fingerprint density at radius 2 is 1.88 bits per heavy atom. The van der Waals surface area contributed by atoms with E-state index in [2.05, 4.69) is 15.6 Å². The first-order chi connectivity index (χ1) is 10.7. The number of methoxy groups -OCH3 is 1. The maximum atomic E-state index is 12.2. The molecule has 2 rings (SSSR count). The number of carbonyl (C=O) groups excluding carboxylic acids is 1. The molecule has 0 bridgehead atoms. The van der Waals surface area contributed by atoms with Crippen LogP contribution >= 0.6 is 36.2 Å². The van der Waals surface area contributed by atoms with Crippen LogP contribution < -0.4 is 10.6 Å². The Kier molecular flexibility index (Phi) is 11.6. The molecule has 0 unspecified atom stereocenters. The molecule has 0 saturated carbocycles. The molecular formula is C16H23Cl2N3O2S. The highest BCUT2D eigenvalue weighted by Gasteiger charge is 2.15. The lowest BCUT2D eigenvalue weighted by Gasteiger charge is -2.05. The van der Waals surface area contributed by atoms with E-state index < -0.39 is 0 Å². The molecule has 0 aliphatic heterocycles. The van der Waals surface area contributed by atoms with Crippen molar-refractivity contribution in [1.29, 1.82) is 0 Å². The molecule has 0 fully saturated rings. The average Bonchev–Trinajstić information content (AvgIpc) is 2.93. The van der Waals surface area contributed by atoms with E-state index in [1.54, 1.807) is 7.11 Å². The zero-order chi connectivity index (χ0) is 15.8. The van der Waals surface area contributed by atoms with Crippen LogP contribution in [0.5, 0.6) is 0 Å². The lowest BCUT2D eigenvalue weighted by Crippen LogP contribution is -2.33. The van der Waals surface area contributed by atoms with Gasteiger partial charge in [-0.2, -0.15) is 0 Å². The molecule has 0 radical (unpaired) electrons. The van der Waals surface area contributed by atoms with E-state index in [1.807, 2.05) is 37.3 Å². The largest absolute Gasteiger partial charge is 0.383 e. The number of hydrogen-bond acceptors (Lipinski definition) is 5. The predicted molar refractivity (Wildman–Crippen MR) is 104 cm³/mol. The van der Waals surface area contributed by atoms with Crippen LogP contribution in [0.1, 0.15) is 15.4 Å². The van der Waals surface area contributed by atoms with Crippen LogP contribution in [-0.2, 0) is 4.74 Å². The van der Waals surface area contributed by atoms with Gasteiger partial charge < -0.3 is 15.4 Å². The van der Waals surface area contributed by atoms with E-state index in [9.17, 15) is 4.79 Å². The fraction of sp³-hybridized carbons (Fsp3) is 0.375. The third kappa shape index (κ3) is 6.75. The number of aryl methyl sites for hydroxylation is 1. The monoisotopic (exact) mass is 391 g/mol. The fourth-order valence-electron chi connectivity index (χ4n) is 1.96. The minimum Gasteiger partial charge on any atom is -0.383 e. The number of nitrogens with zero attached hydrogens (tertiary/aromatic N) is 1. The van der Waals surface area contributed by atoms with Crippen molar-refractivity contribution >= 4 is 42.1 Å². The second-order valence-corrected chi connectivity index (χ2v) is 5.80. The second kappa shape index (κ2) is 12.2. The van der Waals surface area contributed by atoms with Crippen molar-refractivity contribution in [3.8, 4) is 10.6 Å². The minimum atomic E-state index is -0.0641. The Morgan fingerprint density at radius 1 is 1.17 bits per heavy atom. The third-order valence-electron chi connectivity index (χ3n) is 3.09. The van der Waals surface area contributed by atoms with Crippen LogP contribution in [0.3, 0.4) is 0 Å². The maximum Gasteiger partial charge on any atom is 0.263 e. The normalized spacial score (nSPS) is 9.75. The van der Waals surface area contributed by atoms with E-state index >= 15 is 0 Å². The van der Waals surface area contributed by atoms with Gasteiger partial charge in [0.2, 0.25) is 0 Å². The van der Waals surface area contributed by atoms with Crippen LogP contribution in [0.15, 0.2) is 30.3 Å². The molecule has 1 amide bonds. The summed E-state index contributed by atoms with van der Waals surface area (Å²) in [6.45, 7) is 4.63. The molecule has 0 atom stereocenters. The van der Waals surface area contributed by atoms with Crippen molar-refractivity contribution in [1.82, 2.24) is 15.6 Å². The van der Waals surface area contributed by atoms with Crippen LogP contribution in [0.4, 0.5) is 0 Å². The predicted octanol–water partition coefficient (Wildman–Crippen LogP) is 2.93. The molecule has 0 spiro atoms. The van der Waals surface area contributed by atoms with Gasteiger partial charge in [-0.1, -0.05) is 30.3 Å². The van der Waals surface area contributed by atoms with E-state index in [0.717, 1.165) is 29.4 Å². The Bertz CT molecular complexity index is 609. The van der Waals surface area contributed by atoms with E-state index in [-0.39, 0.29) is 30.7 Å². The zero-order valence-electron chi connectivity index (χ0n) is 13.7. The average molecular weight is 392 g/mol. The molecule has 1 aromatic heterocycles. The van der Waals surface area contributed by atoms with E-state index in [4.69, 9.17) is 4.74 Å². The molecule has 5 nitrogen and oxygen atoms in total. The van der Waals surface area contributed by atoms with Gasteiger partial charge in [0.15, 0.2) is 0 Å². The lowest BCUT2D eigenvalue weighted by atomic mass is 10.2. The van der Waals surface area contributed by atoms with Crippen molar-refractivity contribution in [3.63, 3.8) is 0 Å². The Balaban J connectivity index is 0.00000264. The number of aromatic nitrogens is 1. The van der Waals surface area contributed by atoms with Crippen molar-refractivity contribution in [3.05, 3.63) is 40.9 Å². The molecule has 0 saturated heterocycles. The number of amides is 1. The quantitative estimate of drug-likeness (QED) is 0.679. The number of halogens is 2. The molecule has 0 aliphatic rings. The number of nitrogens with one attached hydrogen (secondary N) is 2. The number of ether oxygens (including phenoxy) is 1. The van der Waals surface area contributed by atoms with Crippen LogP contribution in [-0.4, -0.2) is 44.2 Å². The van der Waals surface area contributed by atoms with E-state index in [0.29, 0.717) is 18.0 Å². The van der Waals surface area contributed by atoms with Crippen molar-refractivity contribution in [2.45, 2.75) is 6.92 Å². The first kappa shape index (κ1) is 22.8. The van der Waals surface area contributed by atoms with E-state index in [1.165, 1.54) is 11.3 Å². The molecular weight excluding hydrogens is 369 g/mol. The van der Waals surface area contributed by atoms with Crippen LogP contribution in [0.25, 0.3) is 10.6 Å². The van der Waals surface area contributed by atoms with Crippen molar-refractivity contribution in [2.24, 2.45) is 0 Å². The summed E-state index contributed by atoms with van der Waals surface area (Å²) in [5.41, 5.74) is 1.81. The molecule has 8 heteroatoms. The smallest absolute Gasteiger partial charge is 0.263 e. The van der Waals surface area contributed by atoms with Gasteiger partial charge in [0.25, 0.3) is 5.91 Å². The summed E-state index contributed by atoms with van der Waals surface area (Å²) in [6.07, 6.45) is 0. The first-order valence-electron chi connectivity index (χ1n) is 7.23. The van der Waals surface area contributed by atoms with Crippen LogP contribution in [0, 0.1) is 6.92 Å². The van der Waals surface area contributed by atoms with Gasteiger partial charge in [0.05, 0.1) is 12.3 Å². The number of benzene rings is 1. The summed E-state index contributed by atoms with van der Waals surface area (Å²) in [7, 11) is 1.67. The molecule has 1 aromatic carbocycles. The summed E-state index contributed by atoms with van der Waals surface area (Å²) in [5, 5.41) is 6.97. The molecule has 2 aromatic rings. The number of hydrogen-bond donors (Lipinski definition) is 2. The van der Waals surface area contributed by atoms with Crippen LogP contribution in [0.2, 0.25) is 0 Å². The highest BCUT2D eigenvalue weighted by atomic mass is 35.5. The summed E-state index contributed by atoms with van der Waals surface area (Å²) < 4.78 is 4.94. The Labute approximate surface area is 159 Å². The standard InChI is InChI=1S/C16H21N3O2S.2ClH/c1-12-14(15(20)18-9-8-17-10-11-21-2)22-16(19-12)13-6-4-3-5-7-13;;/h3-7,17H,8-11H2,1-2H3,(H,18,20);2*1H. The highest BCUT2D eigenvalue weighted by molar-refractivity contribution is 7.17. The van der Waals surface area contributed by atoms with Crippen molar-refractivity contribution < 1.29 is 9.53 Å². The van der Waals surface area contributed by atoms with Gasteiger partial charge in [0.1, 0.15) is 9.88 Å². The lowest BCUT2D eigenvalue weighted by molar-refractivity contribution is 0.0957. The summed E-state index contributed by atoms with van der Waals surface area (Å²) in [4.78, 5) is 17.4. The SMILES string of the molecule is COCCNCCNC(=O)c1sc(-c2ccccc2)nc1C.Cl.Cl. The maximum absolute atomic E-state index is 12.2. The van der Waals surface area contributed by atoms with Crippen molar-refractivity contribution in [2.75, 3.05) is 33.4 Å². The zero-order valence-corrected chi connectivity index (χ0v) is 16.2. The van der Waals surface area contributed by atoms with Gasteiger partial charge in [-0.3, -0.25) is 4.79 Å². The van der Waals surface area contributed by atoms with Gasteiger partial charge >= 0.3 is 0 Å². The minimum absolute atomic E-state index is 0. The topological polar surface area (TPSA) is 63.2 Å². The molecule has 2 N–H and O–H groups in total. The number of thiazole rings is 1. The van der Waals surface area contributed by atoms with Gasteiger partial charge in [-0.05, 0) is 6.92 Å².